The first-order chi connectivity index (χ1) is 7.45. The van der Waals surface area contributed by atoms with E-state index in [9.17, 15) is 8.42 Å². The quantitative estimate of drug-likeness (QED) is 0.812. The van der Waals surface area contributed by atoms with Gasteiger partial charge in [-0.1, -0.05) is 17.7 Å². The van der Waals surface area contributed by atoms with Crippen molar-refractivity contribution in [1.29, 1.82) is 0 Å². The maximum absolute atomic E-state index is 11.8. The van der Waals surface area contributed by atoms with Gasteiger partial charge in [-0.05, 0) is 32.4 Å². The molecule has 0 aromatic heterocycles. The summed E-state index contributed by atoms with van der Waals surface area (Å²) in [5.74, 6) is 0. The summed E-state index contributed by atoms with van der Waals surface area (Å²) in [4.78, 5) is 0.253. The van der Waals surface area contributed by atoms with Crippen LogP contribution in [0.2, 0.25) is 0 Å². The van der Waals surface area contributed by atoms with Gasteiger partial charge in [0.1, 0.15) is 0 Å². The molecule has 1 unspecified atom stereocenters. The second-order valence-electron chi connectivity index (χ2n) is 3.85. The molecule has 0 fully saturated rings. The van der Waals surface area contributed by atoms with Crippen LogP contribution in [-0.4, -0.2) is 26.2 Å². The second kappa shape index (κ2) is 5.43. The Labute approximate surface area is 96.4 Å². The highest BCUT2D eigenvalue weighted by molar-refractivity contribution is 7.89. The predicted octanol–water partition coefficient (Wildman–Crippen LogP) is 1.04. The number of aliphatic hydroxyl groups is 1. The van der Waals surface area contributed by atoms with E-state index in [-0.39, 0.29) is 17.5 Å². The number of benzene rings is 1. The summed E-state index contributed by atoms with van der Waals surface area (Å²) in [6.07, 6.45) is 0.408. The zero-order valence-corrected chi connectivity index (χ0v) is 10.3. The summed E-state index contributed by atoms with van der Waals surface area (Å²) in [6.45, 7) is 3.59. The molecular formula is C11H17NO3S. The van der Waals surface area contributed by atoms with Crippen molar-refractivity contribution >= 4 is 10.0 Å². The molecule has 0 amide bonds. The van der Waals surface area contributed by atoms with Gasteiger partial charge < -0.3 is 5.11 Å². The summed E-state index contributed by atoms with van der Waals surface area (Å²) < 4.78 is 26.2. The molecule has 0 saturated carbocycles. The summed E-state index contributed by atoms with van der Waals surface area (Å²) in [5, 5.41) is 8.71. The van der Waals surface area contributed by atoms with Gasteiger partial charge in [-0.25, -0.2) is 13.1 Å². The van der Waals surface area contributed by atoms with Gasteiger partial charge in [0.2, 0.25) is 10.0 Å². The predicted molar refractivity (Wildman–Crippen MR) is 62.7 cm³/mol. The lowest BCUT2D eigenvalue weighted by atomic mass is 10.2. The molecule has 0 bridgehead atoms. The van der Waals surface area contributed by atoms with E-state index in [2.05, 4.69) is 4.72 Å². The Hall–Kier alpha value is -0.910. The van der Waals surface area contributed by atoms with Crippen LogP contribution in [0.5, 0.6) is 0 Å². The van der Waals surface area contributed by atoms with E-state index < -0.39 is 10.0 Å². The van der Waals surface area contributed by atoms with Crippen LogP contribution in [0.25, 0.3) is 0 Å². The summed E-state index contributed by atoms with van der Waals surface area (Å²) in [7, 11) is -3.46. The van der Waals surface area contributed by atoms with E-state index in [1.165, 1.54) is 0 Å². The zero-order valence-electron chi connectivity index (χ0n) is 9.47. The third kappa shape index (κ3) is 3.59. The van der Waals surface area contributed by atoms with E-state index in [1.54, 1.807) is 31.2 Å². The van der Waals surface area contributed by atoms with Gasteiger partial charge >= 0.3 is 0 Å². The van der Waals surface area contributed by atoms with Crippen molar-refractivity contribution in [2.45, 2.75) is 31.2 Å². The minimum absolute atomic E-state index is 0.0302. The lowest BCUT2D eigenvalue weighted by Crippen LogP contribution is -2.33. The Morgan fingerprint density at radius 3 is 2.38 bits per heavy atom. The molecule has 16 heavy (non-hydrogen) atoms. The first-order valence-electron chi connectivity index (χ1n) is 5.15. The third-order valence-electron chi connectivity index (χ3n) is 2.25. The number of sulfonamides is 1. The van der Waals surface area contributed by atoms with Crippen LogP contribution in [-0.2, 0) is 10.0 Å². The monoisotopic (exact) mass is 243 g/mol. The third-order valence-corrected chi connectivity index (χ3v) is 3.86. The van der Waals surface area contributed by atoms with E-state index in [0.29, 0.717) is 6.42 Å². The van der Waals surface area contributed by atoms with Crippen LogP contribution in [0.1, 0.15) is 18.9 Å². The van der Waals surface area contributed by atoms with Crippen molar-refractivity contribution in [1.82, 2.24) is 4.72 Å². The maximum Gasteiger partial charge on any atom is 0.240 e. The normalized spacial score (nSPS) is 13.7. The van der Waals surface area contributed by atoms with Crippen LogP contribution in [0, 0.1) is 6.92 Å². The van der Waals surface area contributed by atoms with Crippen molar-refractivity contribution in [2.75, 3.05) is 6.61 Å². The lowest BCUT2D eigenvalue weighted by molar-refractivity contribution is 0.275. The van der Waals surface area contributed by atoms with Gasteiger partial charge in [-0.3, -0.25) is 0 Å². The maximum atomic E-state index is 11.8. The van der Waals surface area contributed by atoms with Crippen molar-refractivity contribution in [2.24, 2.45) is 0 Å². The lowest BCUT2D eigenvalue weighted by Gasteiger charge is -2.12. The van der Waals surface area contributed by atoms with Crippen LogP contribution in [0.15, 0.2) is 29.2 Å². The first kappa shape index (κ1) is 13.2. The Morgan fingerprint density at radius 2 is 1.88 bits per heavy atom. The molecule has 0 spiro atoms. The SMILES string of the molecule is Cc1ccc(S(=O)(=O)NC(C)CCO)cc1. The molecule has 2 N–H and O–H groups in total. The summed E-state index contributed by atoms with van der Waals surface area (Å²) >= 11 is 0. The average Bonchev–Trinajstić information content (AvgIpc) is 2.17. The topological polar surface area (TPSA) is 66.4 Å². The Morgan fingerprint density at radius 1 is 1.31 bits per heavy atom. The molecule has 0 aliphatic carbocycles. The number of aryl methyl sites for hydroxylation is 1. The molecule has 1 aromatic carbocycles. The molecule has 5 heteroatoms. The van der Waals surface area contributed by atoms with Gasteiger partial charge in [-0.15, -0.1) is 0 Å². The Bertz CT molecular complexity index is 425. The Balaban J connectivity index is 2.82. The molecule has 0 aliphatic heterocycles. The van der Waals surface area contributed by atoms with E-state index >= 15 is 0 Å². The standard InChI is InChI=1S/C11H17NO3S/c1-9-3-5-11(6-4-9)16(14,15)12-10(2)7-8-13/h3-6,10,12-13H,7-8H2,1-2H3. The highest BCUT2D eigenvalue weighted by Gasteiger charge is 2.16. The second-order valence-corrected chi connectivity index (χ2v) is 5.56. The van der Waals surface area contributed by atoms with E-state index in [1.807, 2.05) is 6.92 Å². The van der Waals surface area contributed by atoms with Gasteiger partial charge in [0.25, 0.3) is 0 Å². The minimum atomic E-state index is -3.46. The molecule has 4 nitrogen and oxygen atoms in total. The molecular weight excluding hydrogens is 226 g/mol. The largest absolute Gasteiger partial charge is 0.396 e. The van der Waals surface area contributed by atoms with Crippen molar-refractivity contribution in [3.63, 3.8) is 0 Å². The highest BCUT2D eigenvalue weighted by atomic mass is 32.2. The molecule has 0 saturated heterocycles. The molecule has 1 atom stereocenters. The summed E-state index contributed by atoms with van der Waals surface area (Å²) in [6, 6.07) is 6.39. The van der Waals surface area contributed by atoms with Crippen LogP contribution < -0.4 is 4.72 Å². The van der Waals surface area contributed by atoms with Crippen LogP contribution in [0.3, 0.4) is 0 Å². The molecule has 1 rings (SSSR count). The van der Waals surface area contributed by atoms with E-state index in [0.717, 1.165) is 5.56 Å². The van der Waals surface area contributed by atoms with Gasteiger partial charge in [-0.2, -0.15) is 0 Å². The number of hydrogen-bond donors (Lipinski definition) is 2. The Kier molecular flexibility index (Phi) is 4.46. The molecule has 0 radical (unpaired) electrons. The molecule has 0 heterocycles. The summed E-state index contributed by atoms with van der Waals surface area (Å²) in [5.41, 5.74) is 1.02. The van der Waals surface area contributed by atoms with Gasteiger partial charge in [0, 0.05) is 12.6 Å². The number of hydrogen-bond acceptors (Lipinski definition) is 3. The van der Waals surface area contributed by atoms with Crippen molar-refractivity contribution < 1.29 is 13.5 Å². The number of aliphatic hydroxyl groups excluding tert-OH is 1. The van der Waals surface area contributed by atoms with E-state index in [4.69, 9.17) is 5.11 Å². The minimum Gasteiger partial charge on any atom is -0.396 e. The zero-order chi connectivity index (χ0) is 12.2. The van der Waals surface area contributed by atoms with Crippen molar-refractivity contribution in [3.05, 3.63) is 29.8 Å². The van der Waals surface area contributed by atoms with Crippen LogP contribution >= 0.6 is 0 Å². The van der Waals surface area contributed by atoms with Crippen molar-refractivity contribution in [3.8, 4) is 0 Å². The fourth-order valence-electron chi connectivity index (χ4n) is 1.30. The van der Waals surface area contributed by atoms with Crippen LogP contribution in [0.4, 0.5) is 0 Å². The number of rotatable bonds is 5. The average molecular weight is 243 g/mol. The molecule has 90 valence electrons. The first-order valence-corrected chi connectivity index (χ1v) is 6.64. The fraction of sp³-hybridized carbons (Fsp3) is 0.455. The fourth-order valence-corrected chi connectivity index (χ4v) is 2.58. The van der Waals surface area contributed by atoms with Gasteiger partial charge in [0.05, 0.1) is 4.90 Å². The van der Waals surface area contributed by atoms with Gasteiger partial charge in [0.15, 0.2) is 0 Å². The smallest absolute Gasteiger partial charge is 0.240 e. The highest BCUT2D eigenvalue weighted by Crippen LogP contribution is 2.10. The molecule has 0 aliphatic rings. The molecule has 1 aromatic rings. The number of nitrogens with one attached hydrogen (secondary N) is 1.